The predicted octanol–water partition coefficient (Wildman–Crippen LogP) is 2.15. The van der Waals surface area contributed by atoms with Gasteiger partial charge in [-0.25, -0.2) is 0 Å². The van der Waals surface area contributed by atoms with Crippen molar-refractivity contribution in [2.75, 3.05) is 14.1 Å². The molecule has 14 heavy (non-hydrogen) atoms. The molecule has 3 aliphatic carbocycles. The van der Waals surface area contributed by atoms with Crippen LogP contribution in [-0.2, 0) is 4.79 Å². The summed E-state index contributed by atoms with van der Waals surface area (Å²) in [7, 11) is 3.75. The number of carbonyl (C=O) groups excluding carboxylic acids is 1. The van der Waals surface area contributed by atoms with Crippen molar-refractivity contribution in [1.82, 2.24) is 4.90 Å². The molecular formula is C12H21NO. The molecule has 2 unspecified atom stereocenters. The third-order valence-corrected chi connectivity index (χ3v) is 4.56. The first-order valence-electron chi connectivity index (χ1n) is 5.65. The van der Waals surface area contributed by atoms with Gasteiger partial charge in [0, 0.05) is 20.0 Å². The van der Waals surface area contributed by atoms with Gasteiger partial charge in [-0.2, -0.15) is 0 Å². The van der Waals surface area contributed by atoms with Crippen LogP contribution < -0.4 is 0 Å². The summed E-state index contributed by atoms with van der Waals surface area (Å²) >= 11 is 0. The zero-order valence-electron chi connectivity index (χ0n) is 9.71. The van der Waals surface area contributed by atoms with Crippen LogP contribution in [0, 0.1) is 23.2 Å². The minimum atomic E-state index is 0.294. The fourth-order valence-corrected chi connectivity index (χ4v) is 3.49. The summed E-state index contributed by atoms with van der Waals surface area (Å²) in [6.45, 7) is 4.62. The maximum atomic E-state index is 11.9. The summed E-state index contributed by atoms with van der Waals surface area (Å²) in [6.07, 6.45) is 3.84. The quantitative estimate of drug-likeness (QED) is 0.628. The molecule has 0 heterocycles. The number of rotatable bonds is 1. The largest absolute Gasteiger partial charge is 0.349 e. The summed E-state index contributed by atoms with van der Waals surface area (Å²) in [6, 6.07) is 0. The van der Waals surface area contributed by atoms with Crippen LogP contribution in [0.1, 0.15) is 33.1 Å². The number of fused-ring (bicyclic) bond motifs is 2. The van der Waals surface area contributed by atoms with Crippen LogP contribution in [0.3, 0.4) is 0 Å². The van der Waals surface area contributed by atoms with Gasteiger partial charge in [0.2, 0.25) is 5.91 Å². The lowest BCUT2D eigenvalue weighted by Gasteiger charge is -2.57. The molecule has 2 atom stereocenters. The van der Waals surface area contributed by atoms with Gasteiger partial charge >= 0.3 is 0 Å². The van der Waals surface area contributed by atoms with Crippen LogP contribution in [0.25, 0.3) is 0 Å². The van der Waals surface area contributed by atoms with Crippen molar-refractivity contribution in [2.24, 2.45) is 23.2 Å². The minimum Gasteiger partial charge on any atom is -0.349 e. The number of hydrogen-bond acceptors (Lipinski definition) is 1. The Kier molecular flexibility index (Phi) is 2.13. The van der Waals surface area contributed by atoms with Gasteiger partial charge in [-0.3, -0.25) is 4.79 Å². The maximum absolute atomic E-state index is 11.9. The molecule has 0 aliphatic heterocycles. The average Bonchev–Trinajstić information content (AvgIpc) is 2.06. The van der Waals surface area contributed by atoms with Crippen molar-refractivity contribution in [1.29, 1.82) is 0 Å². The normalized spacial score (nSPS) is 45.6. The fraction of sp³-hybridized carbons (Fsp3) is 0.917. The molecule has 3 aliphatic rings. The number of carbonyl (C=O) groups is 1. The smallest absolute Gasteiger partial charge is 0.225 e. The van der Waals surface area contributed by atoms with Gasteiger partial charge < -0.3 is 4.90 Å². The number of amides is 1. The van der Waals surface area contributed by atoms with Crippen molar-refractivity contribution >= 4 is 5.91 Å². The van der Waals surface area contributed by atoms with Gasteiger partial charge in [0.1, 0.15) is 0 Å². The van der Waals surface area contributed by atoms with E-state index in [1.54, 1.807) is 4.90 Å². The summed E-state index contributed by atoms with van der Waals surface area (Å²) < 4.78 is 0. The minimum absolute atomic E-state index is 0.294. The molecule has 80 valence electrons. The molecule has 0 saturated heterocycles. The van der Waals surface area contributed by atoms with Gasteiger partial charge in [0.25, 0.3) is 0 Å². The molecule has 3 rings (SSSR count). The molecule has 1 amide bonds. The summed E-state index contributed by atoms with van der Waals surface area (Å²) in [5.41, 5.74) is 0.471. The molecule has 0 aromatic rings. The van der Waals surface area contributed by atoms with E-state index in [2.05, 4.69) is 13.8 Å². The van der Waals surface area contributed by atoms with Crippen LogP contribution in [0.2, 0.25) is 0 Å². The van der Waals surface area contributed by atoms with E-state index in [1.165, 1.54) is 12.8 Å². The predicted molar refractivity (Wildman–Crippen MR) is 56.8 cm³/mol. The summed E-state index contributed by atoms with van der Waals surface area (Å²) in [4.78, 5) is 13.7. The van der Waals surface area contributed by atoms with Gasteiger partial charge in [0.05, 0.1) is 0 Å². The molecule has 0 aromatic heterocycles. The van der Waals surface area contributed by atoms with Gasteiger partial charge in [-0.15, -0.1) is 0 Å². The summed E-state index contributed by atoms with van der Waals surface area (Å²) in [5, 5.41) is 0. The second-order valence-corrected chi connectivity index (χ2v) is 5.79. The molecule has 0 spiro atoms. The van der Waals surface area contributed by atoms with E-state index in [9.17, 15) is 4.79 Å². The molecule has 0 radical (unpaired) electrons. The molecule has 2 heteroatoms. The lowest BCUT2D eigenvalue weighted by molar-refractivity contribution is -0.149. The van der Waals surface area contributed by atoms with Crippen LogP contribution >= 0.6 is 0 Å². The van der Waals surface area contributed by atoms with E-state index in [1.807, 2.05) is 14.1 Å². The highest BCUT2D eigenvalue weighted by Gasteiger charge is 2.53. The Morgan fingerprint density at radius 1 is 1.36 bits per heavy atom. The fourth-order valence-electron chi connectivity index (χ4n) is 3.49. The Bertz CT molecular complexity index is 253. The number of hydrogen-bond donors (Lipinski definition) is 0. The second kappa shape index (κ2) is 2.98. The van der Waals surface area contributed by atoms with Crippen molar-refractivity contribution in [3.05, 3.63) is 0 Å². The van der Waals surface area contributed by atoms with Crippen LogP contribution in [0.4, 0.5) is 0 Å². The maximum Gasteiger partial charge on any atom is 0.225 e. The molecule has 3 saturated carbocycles. The molecular weight excluding hydrogens is 174 g/mol. The van der Waals surface area contributed by atoms with Crippen LogP contribution in [-0.4, -0.2) is 24.9 Å². The van der Waals surface area contributed by atoms with E-state index < -0.39 is 0 Å². The van der Waals surface area contributed by atoms with Gasteiger partial charge in [-0.1, -0.05) is 13.8 Å². The Labute approximate surface area is 86.7 Å². The van der Waals surface area contributed by atoms with Gasteiger partial charge in [0.15, 0.2) is 0 Å². The first kappa shape index (κ1) is 10.0. The Balaban J connectivity index is 2.11. The van der Waals surface area contributed by atoms with Crippen molar-refractivity contribution < 1.29 is 4.79 Å². The third-order valence-electron chi connectivity index (χ3n) is 4.56. The third kappa shape index (κ3) is 1.27. The molecule has 0 N–H and O–H groups in total. The van der Waals surface area contributed by atoms with E-state index in [0.29, 0.717) is 23.2 Å². The Morgan fingerprint density at radius 3 is 2.43 bits per heavy atom. The number of nitrogens with zero attached hydrogens (tertiary/aromatic N) is 1. The second-order valence-electron chi connectivity index (χ2n) is 5.79. The topological polar surface area (TPSA) is 20.3 Å². The highest BCUT2D eigenvalue weighted by molar-refractivity contribution is 5.79. The monoisotopic (exact) mass is 195 g/mol. The summed E-state index contributed by atoms with van der Waals surface area (Å²) in [5.74, 6) is 2.04. The lowest BCUT2D eigenvalue weighted by Crippen LogP contribution is -2.53. The van der Waals surface area contributed by atoms with E-state index in [0.717, 1.165) is 12.3 Å². The highest BCUT2D eigenvalue weighted by Crippen LogP contribution is 2.60. The molecule has 3 fully saturated rings. The van der Waals surface area contributed by atoms with E-state index >= 15 is 0 Å². The molecule has 0 aromatic carbocycles. The van der Waals surface area contributed by atoms with Crippen molar-refractivity contribution in [3.63, 3.8) is 0 Å². The van der Waals surface area contributed by atoms with Gasteiger partial charge in [-0.05, 0) is 36.5 Å². The first-order chi connectivity index (χ1) is 6.44. The van der Waals surface area contributed by atoms with Crippen LogP contribution in [0.5, 0.6) is 0 Å². The molecule has 2 nitrogen and oxygen atoms in total. The average molecular weight is 195 g/mol. The SMILES string of the molecule is CC1C(C(=O)N(C)C)CC2CC1(C)C2. The van der Waals surface area contributed by atoms with E-state index in [4.69, 9.17) is 0 Å². The van der Waals surface area contributed by atoms with Crippen LogP contribution in [0.15, 0.2) is 0 Å². The standard InChI is InChI=1S/C12H21NO/c1-8-10(11(14)13(3)4)5-9-6-12(8,2)7-9/h8-10H,5-7H2,1-4H3. The Hall–Kier alpha value is -0.530. The Morgan fingerprint density at radius 2 is 1.93 bits per heavy atom. The van der Waals surface area contributed by atoms with Crippen molar-refractivity contribution in [2.45, 2.75) is 33.1 Å². The highest BCUT2D eigenvalue weighted by atomic mass is 16.2. The van der Waals surface area contributed by atoms with E-state index in [-0.39, 0.29) is 0 Å². The van der Waals surface area contributed by atoms with Crippen molar-refractivity contribution in [3.8, 4) is 0 Å². The first-order valence-corrected chi connectivity index (χ1v) is 5.65. The zero-order chi connectivity index (χ0) is 10.5. The lowest BCUT2D eigenvalue weighted by atomic mass is 9.47. The molecule has 2 bridgehead atoms. The zero-order valence-corrected chi connectivity index (χ0v) is 9.71.